The van der Waals surface area contributed by atoms with Crippen LogP contribution in [0.4, 0.5) is 11.4 Å². The number of benzene rings is 2. The number of esters is 1. The average molecular weight is 372 g/mol. The number of nitro groups is 1. The Hall–Kier alpha value is -3.42. The van der Waals surface area contributed by atoms with Gasteiger partial charge in [-0.15, -0.1) is 0 Å². The summed E-state index contributed by atoms with van der Waals surface area (Å²) < 4.78 is 10.4. The molecule has 2 rings (SSSR count). The van der Waals surface area contributed by atoms with Gasteiger partial charge < -0.3 is 14.8 Å². The third kappa shape index (κ3) is 5.81. The van der Waals surface area contributed by atoms with Crippen LogP contribution in [0.25, 0.3) is 0 Å². The molecule has 27 heavy (non-hydrogen) atoms. The molecular weight excluding hydrogens is 352 g/mol. The van der Waals surface area contributed by atoms with Gasteiger partial charge in [0, 0.05) is 17.3 Å². The van der Waals surface area contributed by atoms with E-state index in [0.29, 0.717) is 11.3 Å². The topological polar surface area (TPSA) is 108 Å². The Morgan fingerprint density at radius 3 is 2.41 bits per heavy atom. The van der Waals surface area contributed by atoms with Gasteiger partial charge >= 0.3 is 5.97 Å². The van der Waals surface area contributed by atoms with Crippen molar-refractivity contribution < 1.29 is 24.0 Å². The maximum absolute atomic E-state index is 12.0. The molecule has 8 nitrogen and oxygen atoms in total. The van der Waals surface area contributed by atoms with Gasteiger partial charge in [0.05, 0.1) is 16.6 Å². The molecule has 0 bridgehead atoms. The van der Waals surface area contributed by atoms with E-state index in [-0.39, 0.29) is 23.0 Å². The van der Waals surface area contributed by atoms with Crippen LogP contribution < -0.4 is 10.1 Å². The summed E-state index contributed by atoms with van der Waals surface area (Å²) in [7, 11) is 0. The smallest absolute Gasteiger partial charge is 0.338 e. The zero-order valence-corrected chi connectivity index (χ0v) is 15.2. The molecule has 0 saturated heterocycles. The minimum Gasteiger partial charge on any atom is -0.491 e. The Kier molecular flexibility index (Phi) is 6.48. The fourth-order valence-corrected chi connectivity index (χ4v) is 2.24. The lowest BCUT2D eigenvalue weighted by atomic mass is 10.2. The van der Waals surface area contributed by atoms with E-state index in [2.05, 4.69) is 5.32 Å². The molecule has 8 heteroatoms. The van der Waals surface area contributed by atoms with Crippen LogP contribution in [0, 0.1) is 17.0 Å². The van der Waals surface area contributed by atoms with Gasteiger partial charge in [-0.2, -0.15) is 0 Å². The molecule has 0 unspecified atom stereocenters. The van der Waals surface area contributed by atoms with Crippen LogP contribution >= 0.6 is 0 Å². The number of anilines is 1. The van der Waals surface area contributed by atoms with Crippen LogP contribution in [-0.2, 0) is 9.53 Å². The monoisotopic (exact) mass is 372 g/mol. The number of carbonyl (C=O) groups is 2. The first-order chi connectivity index (χ1) is 12.8. The molecule has 0 aromatic heterocycles. The third-order valence-electron chi connectivity index (χ3n) is 3.49. The number of rotatable bonds is 7. The van der Waals surface area contributed by atoms with E-state index in [9.17, 15) is 19.7 Å². The molecule has 1 N–H and O–H groups in total. The van der Waals surface area contributed by atoms with Crippen molar-refractivity contribution in [1.82, 2.24) is 0 Å². The van der Waals surface area contributed by atoms with Crippen LogP contribution in [0.1, 0.15) is 29.8 Å². The molecule has 0 aliphatic rings. The highest BCUT2D eigenvalue weighted by molar-refractivity contribution is 5.95. The Labute approximate surface area is 156 Å². The van der Waals surface area contributed by atoms with E-state index in [0.717, 1.165) is 0 Å². The van der Waals surface area contributed by atoms with E-state index in [1.165, 1.54) is 18.2 Å². The van der Waals surface area contributed by atoms with Crippen molar-refractivity contribution in [2.45, 2.75) is 26.9 Å². The highest BCUT2D eigenvalue weighted by Gasteiger charge is 2.14. The summed E-state index contributed by atoms with van der Waals surface area (Å²) in [6, 6.07) is 10.7. The van der Waals surface area contributed by atoms with E-state index >= 15 is 0 Å². The molecule has 0 aliphatic heterocycles. The molecular formula is C19H20N2O6. The molecule has 1 amide bonds. The number of hydrogen-bond donors (Lipinski definition) is 1. The molecule has 0 heterocycles. The Balaban J connectivity index is 1.90. The molecule has 2 aromatic carbocycles. The SMILES string of the molecule is Cc1ccc(NC(=O)COC(=O)c2ccc(OC(C)C)cc2)cc1[N+](=O)[O-]. The molecule has 0 spiro atoms. The van der Waals surface area contributed by atoms with Crippen molar-refractivity contribution in [3.63, 3.8) is 0 Å². The molecule has 0 radical (unpaired) electrons. The number of hydrogen-bond acceptors (Lipinski definition) is 6. The lowest BCUT2D eigenvalue weighted by Gasteiger charge is -2.10. The summed E-state index contributed by atoms with van der Waals surface area (Å²) in [4.78, 5) is 34.3. The standard InChI is InChI=1S/C19H20N2O6/c1-12(2)27-16-8-5-14(6-9-16)19(23)26-11-18(22)20-15-7-4-13(3)17(10-15)21(24)25/h4-10,12H,11H2,1-3H3,(H,20,22). The van der Waals surface area contributed by atoms with Crippen molar-refractivity contribution in [2.24, 2.45) is 0 Å². The molecule has 0 fully saturated rings. The maximum Gasteiger partial charge on any atom is 0.338 e. The van der Waals surface area contributed by atoms with Crippen LogP contribution in [0.2, 0.25) is 0 Å². The van der Waals surface area contributed by atoms with Gasteiger partial charge in [-0.05, 0) is 51.1 Å². The average Bonchev–Trinajstić information content (AvgIpc) is 2.61. The maximum atomic E-state index is 12.0. The molecule has 0 aliphatic carbocycles. The van der Waals surface area contributed by atoms with Crippen molar-refractivity contribution in [3.05, 3.63) is 63.7 Å². The van der Waals surface area contributed by atoms with Crippen LogP contribution in [0.15, 0.2) is 42.5 Å². The second-order valence-corrected chi connectivity index (χ2v) is 6.07. The first-order valence-electron chi connectivity index (χ1n) is 8.25. The molecule has 0 saturated carbocycles. The lowest BCUT2D eigenvalue weighted by molar-refractivity contribution is -0.385. The largest absolute Gasteiger partial charge is 0.491 e. The predicted molar refractivity (Wildman–Crippen MR) is 99.0 cm³/mol. The van der Waals surface area contributed by atoms with E-state index in [1.807, 2.05) is 13.8 Å². The highest BCUT2D eigenvalue weighted by Crippen LogP contribution is 2.22. The quantitative estimate of drug-likeness (QED) is 0.453. The number of aryl methyl sites for hydroxylation is 1. The summed E-state index contributed by atoms with van der Waals surface area (Å²) in [6.07, 6.45) is 0.0177. The Bertz CT molecular complexity index is 846. The van der Waals surface area contributed by atoms with Gasteiger partial charge in [0.25, 0.3) is 11.6 Å². The highest BCUT2D eigenvalue weighted by atomic mass is 16.6. The van der Waals surface area contributed by atoms with Crippen LogP contribution in [-0.4, -0.2) is 29.5 Å². The predicted octanol–water partition coefficient (Wildman–Crippen LogP) is 3.49. The van der Waals surface area contributed by atoms with Crippen molar-refractivity contribution in [1.29, 1.82) is 0 Å². The van der Waals surface area contributed by atoms with Gasteiger partial charge in [-0.1, -0.05) is 6.07 Å². The van der Waals surface area contributed by atoms with E-state index < -0.39 is 23.4 Å². The van der Waals surface area contributed by atoms with Gasteiger partial charge in [0.2, 0.25) is 0 Å². The molecule has 142 valence electrons. The normalized spacial score (nSPS) is 10.4. The summed E-state index contributed by atoms with van der Waals surface area (Å²) in [5.41, 5.74) is 0.913. The Morgan fingerprint density at radius 1 is 1.15 bits per heavy atom. The molecule has 0 atom stereocenters. The number of nitrogens with zero attached hydrogens (tertiary/aromatic N) is 1. The van der Waals surface area contributed by atoms with Gasteiger partial charge in [0.15, 0.2) is 6.61 Å². The summed E-state index contributed by atoms with van der Waals surface area (Å²) in [5, 5.41) is 13.4. The number of ether oxygens (including phenoxy) is 2. The van der Waals surface area contributed by atoms with Crippen LogP contribution in [0.5, 0.6) is 5.75 Å². The van der Waals surface area contributed by atoms with Crippen molar-refractivity contribution in [2.75, 3.05) is 11.9 Å². The van der Waals surface area contributed by atoms with Crippen molar-refractivity contribution in [3.8, 4) is 5.75 Å². The number of nitrogens with one attached hydrogen (secondary N) is 1. The van der Waals surface area contributed by atoms with Crippen molar-refractivity contribution >= 4 is 23.3 Å². The van der Waals surface area contributed by atoms with E-state index in [4.69, 9.17) is 9.47 Å². The fraction of sp³-hybridized carbons (Fsp3) is 0.263. The summed E-state index contributed by atoms with van der Waals surface area (Å²) in [6.45, 7) is 4.88. The number of amides is 1. The number of nitro benzene ring substituents is 1. The van der Waals surface area contributed by atoms with E-state index in [1.54, 1.807) is 31.2 Å². The lowest BCUT2D eigenvalue weighted by Crippen LogP contribution is -2.21. The summed E-state index contributed by atoms with van der Waals surface area (Å²) in [5.74, 6) is -0.627. The van der Waals surface area contributed by atoms with Gasteiger partial charge in [-0.3, -0.25) is 14.9 Å². The van der Waals surface area contributed by atoms with Gasteiger partial charge in [-0.25, -0.2) is 4.79 Å². The first-order valence-corrected chi connectivity index (χ1v) is 8.25. The second kappa shape index (κ2) is 8.79. The Morgan fingerprint density at radius 2 is 1.81 bits per heavy atom. The zero-order chi connectivity index (χ0) is 20.0. The third-order valence-corrected chi connectivity index (χ3v) is 3.49. The minimum absolute atomic E-state index is 0.0177. The van der Waals surface area contributed by atoms with Crippen LogP contribution in [0.3, 0.4) is 0 Å². The summed E-state index contributed by atoms with van der Waals surface area (Å²) >= 11 is 0. The second-order valence-electron chi connectivity index (χ2n) is 6.07. The minimum atomic E-state index is -0.656. The number of carbonyl (C=O) groups excluding carboxylic acids is 2. The molecule has 2 aromatic rings. The first kappa shape index (κ1) is 19.9. The fourth-order valence-electron chi connectivity index (χ4n) is 2.24. The zero-order valence-electron chi connectivity index (χ0n) is 15.2. The van der Waals surface area contributed by atoms with Gasteiger partial charge in [0.1, 0.15) is 5.75 Å².